The van der Waals surface area contributed by atoms with Gasteiger partial charge in [-0.05, 0) is 77.5 Å². The molecular weight excluding hydrogens is 420 g/mol. The Hall–Kier alpha value is -2.73. The summed E-state index contributed by atoms with van der Waals surface area (Å²) < 4.78 is 10.6. The molecule has 0 spiro atoms. The average Bonchev–Trinajstić information content (AvgIpc) is 2.69. The van der Waals surface area contributed by atoms with Crippen molar-refractivity contribution in [2.24, 2.45) is 5.41 Å². The molecule has 0 fully saturated rings. The molecule has 0 bridgehead atoms. The molecule has 0 aliphatic heterocycles. The molecule has 1 aliphatic rings. The van der Waals surface area contributed by atoms with Crippen molar-refractivity contribution in [2.45, 2.75) is 79.4 Å². The molecule has 33 heavy (non-hydrogen) atoms. The van der Waals surface area contributed by atoms with Gasteiger partial charge in [0.2, 0.25) is 0 Å². The fourth-order valence-electron chi connectivity index (χ4n) is 3.22. The minimum atomic E-state index is -1.63. The fourth-order valence-corrected chi connectivity index (χ4v) is 3.22. The SMILES string of the molecule is CC(=O)OC/C1=C/C[C@](C)(CCC=C(C)C)/C=C/[C@@H](OC(=O)C=C(C)C)[C@](C)(O)/C=C/C1=O. The second kappa shape index (κ2) is 12.5. The molecule has 0 saturated carbocycles. The van der Waals surface area contributed by atoms with E-state index in [2.05, 4.69) is 6.08 Å². The van der Waals surface area contributed by atoms with Gasteiger partial charge in [-0.3, -0.25) is 9.59 Å². The summed E-state index contributed by atoms with van der Waals surface area (Å²) in [5.41, 5.74) is 0.293. The van der Waals surface area contributed by atoms with E-state index >= 15 is 0 Å². The Morgan fingerprint density at radius 1 is 1.12 bits per heavy atom. The van der Waals surface area contributed by atoms with Crippen LogP contribution >= 0.6 is 0 Å². The number of hydrogen-bond donors (Lipinski definition) is 1. The molecule has 1 N–H and O–H groups in total. The quantitative estimate of drug-likeness (QED) is 0.330. The second-order valence-electron chi connectivity index (χ2n) is 9.55. The van der Waals surface area contributed by atoms with E-state index in [1.807, 2.05) is 26.8 Å². The van der Waals surface area contributed by atoms with Gasteiger partial charge in [0.05, 0.1) is 0 Å². The average molecular weight is 459 g/mol. The lowest BCUT2D eigenvalue weighted by Crippen LogP contribution is -2.39. The largest absolute Gasteiger partial charge is 0.461 e. The molecule has 0 unspecified atom stereocenters. The number of carbonyl (C=O) groups excluding carboxylic acids is 3. The van der Waals surface area contributed by atoms with E-state index in [0.717, 1.165) is 18.4 Å². The maximum atomic E-state index is 12.8. The molecule has 0 aromatic heterocycles. The van der Waals surface area contributed by atoms with Crippen molar-refractivity contribution in [3.8, 4) is 0 Å². The van der Waals surface area contributed by atoms with Crippen LogP contribution in [-0.2, 0) is 23.9 Å². The minimum Gasteiger partial charge on any atom is -0.461 e. The lowest BCUT2D eigenvalue weighted by Gasteiger charge is -2.29. The lowest BCUT2D eigenvalue weighted by atomic mass is 9.80. The van der Waals surface area contributed by atoms with Crippen LogP contribution in [0.15, 0.2) is 59.3 Å². The second-order valence-corrected chi connectivity index (χ2v) is 9.55. The summed E-state index contributed by atoms with van der Waals surface area (Å²) >= 11 is 0. The van der Waals surface area contributed by atoms with Crippen molar-refractivity contribution in [1.29, 1.82) is 0 Å². The van der Waals surface area contributed by atoms with Gasteiger partial charge in [0.25, 0.3) is 0 Å². The molecule has 182 valence electrons. The maximum Gasteiger partial charge on any atom is 0.331 e. The van der Waals surface area contributed by atoms with Crippen molar-refractivity contribution in [3.05, 3.63) is 59.3 Å². The highest BCUT2D eigenvalue weighted by Crippen LogP contribution is 2.33. The third kappa shape index (κ3) is 10.6. The molecule has 6 heteroatoms. The summed E-state index contributed by atoms with van der Waals surface area (Å²) in [4.78, 5) is 36.4. The Morgan fingerprint density at radius 3 is 2.36 bits per heavy atom. The number of ketones is 1. The first kappa shape index (κ1) is 28.3. The van der Waals surface area contributed by atoms with Gasteiger partial charge in [-0.15, -0.1) is 0 Å². The van der Waals surface area contributed by atoms with Crippen molar-refractivity contribution in [2.75, 3.05) is 6.61 Å². The van der Waals surface area contributed by atoms with Gasteiger partial charge in [0, 0.05) is 18.6 Å². The summed E-state index contributed by atoms with van der Waals surface area (Å²) in [6.07, 6.45) is 12.6. The highest BCUT2D eigenvalue weighted by Gasteiger charge is 2.33. The van der Waals surface area contributed by atoms with Crippen molar-refractivity contribution >= 4 is 17.7 Å². The van der Waals surface area contributed by atoms with Crippen molar-refractivity contribution in [3.63, 3.8) is 0 Å². The Morgan fingerprint density at radius 2 is 1.79 bits per heavy atom. The van der Waals surface area contributed by atoms with E-state index in [1.54, 1.807) is 26.0 Å². The van der Waals surface area contributed by atoms with Gasteiger partial charge in [0.15, 0.2) is 11.9 Å². The van der Waals surface area contributed by atoms with Crippen LogP contribution in [0.5, 0.6) is 0 Å². The van der Waals surface area contributed by atoms with Crippen LogP contribution in [0.3, 0.4) is 0 Å². The van der Waals surface area contributed by atoms with Gasteiger partial charge in [-0.25, -0.2) is 4.79 Å². The number of rotatable bonds is 7. The zero-order valence-electron chi connectivity index (χ0n) is 20.9. The first-order chi connectivity index (χ1) is 15.2. The number of aliphatic hydroxyl groups is 1. The predicted molar refractivity (Wildman–Crippen MR) is 129 cm³/mol. The third-order valence-corrected chi connectivity index (χ3v) is 5.30. The zero-order chi connectivity index (χ0) is 25.2. The molecule has 1 rings (SSSR count). The van der Waals surface area contributed by atoms with Crippen LogP contribution in [0.25, 0.3) is 0 Å². The minimum absolute atomic E-state index is 0.145. The van der Waals surface area contributed by atoms with Crippen molar-refractivity contribution < 1.29 is 29.0 Å². The van der Waals surface area contributed by atoms with Crippen LogP contribution in [0.1, 0.15) is 67.7 Å². The Balaban J connectivity index is 3.43. The Labute approximate surface area is 197 Å². The first-order valence-electron chi connectivity index (χ1n) is 11.2. The summed E-state index contributed by atoms with van der Waals surface area (Å²) in [5, 5.41) is 11.1. The third-order valence-electron chi connectivity index (χ3n) is 5.30. The van der Waals surface area contributed by atoms with E-state index in [0.29, 0.717) is 12.0 Å². The van der Waals surface area contributed by atoms with E-state index in [1.165, 1.54) is 37.6 Å². The van der Waals surface area contributed by atoms with Crippen LogP contribution in [0.2, 0.25) is 0 Å². The number of esters is 2. The van der Waals surface area contributed by atoms with E-state index in [4.69, 9.17) is 9.47 Å². The van der Waals surface area contributed by atoms with E-state index in [-0.39, 0.29) is 12.4 Å². The van der Waals surface area contributed by atoms with Gasteiger partial charge in [0.1, 0.15) is 12.2 Å². The van der Waals surface area contributed by atoms with Crippen LogP contribution in [-0.4, -0.2) is 41.1 Å². The maximum absolute atomic E-state index is 12.8. The standard InChI is InChI=1S/C27H38O6/c1-19(2)9-8-13-26(6)14-10-22(18-32-21(5)28)23(29)11-16-27(7,31)24(12-15-26)33-25(30)17-20(3)4/h9-12,15-17,24,31H,8,13-14,18H2,1-7H3/b15-12+,16-11+,22-10-/t24-,26+,27-/m1/s1. The molecule has 0 radical (unpaired) electrons. The monoisotopic (exact) mass is 458 g/mol. The smallest absolute Gasteiger partial charge is 0.331 e. The highest BCUT2D eigenvalue weighted by atomic mass is 16.6. The van der Waals surface area contributed by atoms with Gasteiger partial charge < -0.3 is 14.6 Å². The molecule has 0 amide bonds. The predicted octanol–water partition coefficient (Wildman–Crippen LogP) is 4.94. The highest BCUT2D eigenvalue weighted by molar-refractivity contribution is 6.04. The summed E-state index contributed by atoms with van der Waals surface area (Å²) in [6, 6.07) is 0. The normalized spacial score (nSPS) is 28.9. The number of carbonyl (C=O) groups is 3. The van der Waals surface area contributed by atoms with E-state index < -0.39 is 29.1 Å². The number of hydrogen-bond acceptors (Lipinski definition) is 6. The molecule has 1 aliphatic carbocycles. The van der Waals surface area contributed by atoms with Crippen molar-refractivity contribution in [1.82, 2.24) is 0 Å². The van der Waals surface area contributed by atoms with E-state index in [9.17, 15) is 19.5 Å². The first-order valence-corrected chi connectivity index (χ1v) is 11.2. The van der Waals surface area contributed by atoms with Gasteiger partial charge in [-0.1, -0.05) is 36.3 Å². The van der Waals surface area contributed by atoms with Gasteiger partial charge in [-0.2, -0.15) is 0 Å². The summed E-state index contributed by atoms with van der Waals surface area (Å²) in [7, 11) is 0. The molecule has 0 saturated heterocycles. The Kier molecular flexibility index (Phi) is 10.7. The van der Waals surface area contributed by atoms with Crippen LogP contribution < -0.4 is 0 Å². The summed E-state index contributed by atoms with van der Waals surface area (Å²) in [6.45, 7) is 12.3. The lowest BCUT2D eigenvalue weighted by molar-refractivity contribution is -0.148. The zero-order valence-corrected chi connectivity index (χ0v) is 20.9. The molecule has 0 heterocycles. The fraction of sp³-hybridized carbons (Fsp3) is 0.519. The van der Waals surface area contributed by atoms with Crippen LogP contribution in [0.4, 0.5) is 0 Å². The van der Waals surface area contributed by atoms with Gasteiger partial charge >= 0.3 is 11.9 Å². The molecule has 3 atom stereocenters. The topological polar surface area (TPSA) is 89.9 Å². The molecule has 0 aromatic rings. The number of ether oxygens (including phenoxy) is 2. The summed E-state index contributed by atoms with van der Waals surface area (Å²) in [5.74, 6) is -1.43. The Bertz CT molecular complexity index is 876. The van der Waals surface area contributed by atoms with Crippen LogP contribution in [0, 0.1) is 5.41 Å². The molecular formula is C27H38O6. The number of allylic oxidation sites excluding steroid dienone is 6. The molecule has 0 aromatic carbocycles. The molecule has 6 nitrogen and oxygen atoms in total.